The molecule has 12 heavy (non-hydrogen) atoms. The minimum absolute atomic E-state index is 0. The highest BCUT2D eigenvalue weighted by molar-refractivity contribution is 14.0. The van der Waals surface area contributed by atoms with Crippen molar-refractivity contribution >= 4 is 31.3 Å². The van der Waals surface area contributed by atoms with Crippen molar-refractivity contribution in [1.29, 1.82) is 0 Å². The Bertz CT molecular complexity index is 225. The van der Waals surface area contributed by atoms with Gasteiger partial charge in [-0.2, -0.15) is 0 Å². The van der Waals surface area contributed by atoms with Gasteiger partial charge in [-0.3, -0.25) is 0 Å². The Hall–Kier alpha value is -0.265. The largest absolute Gasteiger partial charge is 0.707 e. The number of hydrogen-bond donors (Lipinski definition) is 2. The van der Waals surface area contributed by atoms with Gasteiger partial charge in [0.25, 0.3) is 0 Å². The molecule has 1 rings (SSSR count). The van der Waals surface area contributed by atoms with Crippen molar-refractivity contribution < 1.29 is 14.7 Å². The predicted molar refractivity (Wildman–Crippen MR) is 57.4 cm³/mol. The monoisotopic (exact) mass is 280 g/mol. The summed E-state index contributed by atoms with van der Waals surface area (Å²) in [4.78, 5) is 0. The molecule has 66 valence electrons. The molecule has 0 bridgehead atoms. The molecular weight excluding hydrogens is 270 g/mol. The third kappa shape index (κ3) is 3.94. The second-order valence-corrected chi connectivity index (χ2v) is 2.26. The van der Waals surface area contributed by atoms with E-state index in [2.05, 4.69) is 4.65 Å². The minimum atomic E-state index is -1.74. The fourth-order valence-electron chi connectivity index (χ4n) is 0.739. The second kappa shape index (κ2) is 5.39. The molecule has 0 spiro atoms. The van der Waals surface area contributed by atoms with Gasteiger partial charge in [0, 0.05) is 0 Å². The molecule has 1 aromatic carbocycles. The summed E-state index contributed by atoms with van der Waals surface area (Å²) in [6.45, 7) is 1.94. The van der Waals surface area contributed by atoms with Crippen molar-refractivity contribution in [2.24, 2.45) is 0 Å². The third-order valence-electron chi connectivity index (χ3n) is 1.26. The van der Waals surface area contributed by atoms with Crippen LogP contribution in [0.1, 0.15) is 5.56 Å². The average molecular weight is 280 g/mol. The van der Waals surface area contributed by atoms with Crippen LogP contribution in [0.5, 0.6) is 5.75 Å². The van der Waals surface area contributed by atoms with Gasteiger partial charge in [-0.25, -0.2) is 0 Å². The van der Waals surface area contributed by atoms with Crippen molar-refractivity contribution in [2.75, 3.05) is 0 Å². The Morgan fingerprint density at radius 2 is 1.67 bits per heavy atom. The summed E-state index contributed by atoms with van der Waals surface area (Å²) < 4.78 is 4.58. The van der Waals surface area contributed by atoms with E-state index in [1.807, 2.05) is 19.1 Å². The van der Waals surface area contributed by atoms with E-state index >= 15 is 0 Å². The molecule has 5 heteroatoms. The molecule has 2 N–H and O–H groups in total. The van der Waals surface area contributed by atoms with Gasteiger partial charge in [-0.1, -0.05) is 17.7 Å². The maximum atomic E-state index is 8.41. The van der Waals surface area contributed by atoms with Crippen LogP contribution in [0.25, 0.3) is 0 Å². The third-order valence-corrected chi connectivity index (χ3v) is 1.26. The number of rotatable bonds is 2. The van der Waals surface area contributed by atoms with E-state index in [1.165, 1.54) is 0 Å². The van der Waals surface area contributed by atoms with Crippen molar-refractivity contribution in [3.05, 3.63) is 29.8 Å². The normalized spacial score (nSPS) is 8.58. The molecule has 0 unspecified atom stereocenters. The summed E-state index contributed by atoms with van der Waals surface area (Å²) in [7, 11) is -1.74. The summed E-state index contributed by atoms with van der Waals surface area (Å²) in [5, 5.41) is 16.8. The topological polar surface area (TPSA) is 49.7 Å². The van der Waals surface area contributed by atoms with Gasteiger partial charge in [0.15, 0.2) is 0 Å². The predicted octanol–water partition coefficient (Wildman–Crippen LogP) is 0.961. The zero-order valence-electron chi connectivity index (χ0n) is 6.60. The van der Waals surface area contributed by atoms with Crippen LogP contribution in [0.2, 0.25) is 0 Å². The van der Waals surface area contributed by atoms with Gasteiger partial charge in [-0.05, 0) is 19.1 Å². The highest BCUT2D eigenvalue weighted by Gasteiger charge is 2.09. The number of halogens is 1. The zero-order chi connectivity index (χ0) is 8.27. The van der Waals surface area contributed by atoms with Crippen molar-refractivity contribution in [3.8, 4) is 5.75 Å². The van der Waals surface area contributed by atoms with Crippen LogP contribution in [0.4, 0.5) is 0 Å². The lowest BCUT2D eigenvalue weighted by molar-refractivity contribution is 0.288. The quantitative estimate of drug-likeness (QED) is 0.626. The smallest absolute Gasteiger partial charge is 0.512 e. The van der Waals surface area contributed by atoms with Gasteiger partial charge < -0.3 is 14.7 Å². The Balaban J connectivity index is 0.00000121. The summed E-state index contributed by atoms with van der Waals surface area (Å²) in [5.74, 6) is 0.450. The average Bonchev–Trinajstić information content (AvgIpc) is 1.93. The van der Waals surface area contributed by atoms with E-state index in [9.17, 15) is 0 Å². The lowest BCUT2D eigenvalue weighted by Crippen LogP contribution is -2.20. The molecule has 0 saturated heterocycles. The van der Waals surface area contributed by atoms with Gasteiger partial charge >= 0.3 is 7.32 Å². The summed E-state index contributed by atoms with van der Waals surface area (Å²) >= 11 is 0. The molecule has 1 aromatic rings. The molecule has 0 heterocycles. The molecule has 0 amide bonds. The van der Waals surface area contributed by atoms with Crippen LogP contribution < -0.4 is 4.65 Å². The lowest BCUT2D eigenvalue weighted by Gasteiger charge is -2.03. The Labute approximate surface area is 88.6 Å². The molecule has 0 aliphatic carbocycles. The van der Waals surface area contributed by atoms with Crippen LogP contribution in [0.3, 0.4) is 0 Å². The molecule has 0 aliphatic heterocycles. The Kier molecular flexibility index (Phi) is 5.27. The van der Waals surface area contributed by atoms with Crippen LogP contribution in [-0.2, 0) is 0 Å². The zero-order valence-corrected chi connectivity index (χ0v) is 8.93. The highest BCUT2D eigenvalue weighted by Crippen LogP contribution is 2.10. The van der Waals surface area contributed by atoms with E-state index in [0.717, 1.165) is 5.56 Å². The van der Waals surface area contributed by atoms with Crippen LogP contribution >= 0.6 is 24.0 Å². The van der Waals surface area contributed by atoms with E-state index in [-0.39, 0.29) is 24.0 Å². The van der Waals surface area contributed by atoms with Crippen LogP contribution in [-0.4, -0.2) is 17.4 Å². The number of aryl methyl sites for hydroxylation is 1. The fourth-order valence-corrected chi connectivity index (χ4v) is 0.739. The molecule has 0 radical (unpaired) electrons. The van der Waals surface area contributed by atoms with Gasteiger partial charge in [0.1, 0.15) is 5.75 Å². The SMILES string of the molecule is Cc1ccc(OB(O)O)cc1.I. The summed E-state index contributed by atoms with van der Waals surface area (Å²) in [6, 6.07) is 7.01. The van der Waals surface area contributed by atoms with Gasteiger partial charge in [0.2, 0.25) is 0 Å². The molecular formula is C7H10BIO3. The standard InChI is InChI=1S/C7H9BO3.HI/c1-6-2-4-7(5-3-6)11-8(9)10;/h2-5,9-10H,1H3;1H. The van der Waals surface area contributed by atoms with Crippen molar-refractivity contribution in [2.45, 2.75) is 6.92 Å². The number of benzene rings is 1. The first-order valence-electron chi connectivity index (χ1n) is 3.28. The minimum Gasteiger partial charge on any atom is -0.512 e. The lowest BCUT2D eigenvalue weighted by atomic mass is 10.2. The molecule has 0 aliphatic rings. The fraction of sp³-hybridized carbons (Fsp3) is 0.143. The van der Waals surface area contributed by atoms with E-state index < -0.39 is 7.32 Å². The number of hydrogen-bond acceptors (Lipinski definition) is 3. The van der Waals surface area contributed by atoms with Crippen LogP contribution in [0, 0.1) is 6.92 Å². The van der Waals surface area contributed by atoms with E-state index in [0.29, 0.717) is 5.75 Å². The second-order valence-electron chi connectivity index (χ2n) is 2.26. The maximum Gasteiger partial charge on any atom is 0.707 e. The summed E-state index contributed by atoms with van der Waals surface area (Å²) in [6.07, 6.45) is 0. The van der Waals surface area contributed by atoms with Gasteiger partial charge in [0.05, 0.1) is 0 Å². The summed E-state index contributed by atoms with van der Waals surface area (Å²) in [5.41, 5.74) is 1.10. The van der Waals surface area contributed by atoms with Gasteiger partial charge in [-0.15, -0.1) is 24.0 Å². The van der Waals surface area contributed by atoms with E-state index in [4.69, 9.17) is 10.0 Å². The molecule has 0 aromatic heterocycles. The van der Waals surface area contributed by atoms with Crippen molar-refractivity contribution in [3.63, 3.8) is 0 Å². The maximum absolute atomic E-state index is 8.41. The molecule has 0 fully saturated rings. The Morgan fingerprint density at radius 1 is 1.17 bits per heavy atom. The first-order chi connectivity index (χ1) is 5.18. The van der Waals surface area contributed by atoms with Crippen molar-refractivity contribution in [1.82, 2.24) is 0 Å². The van der Waals surface area contributed by atoms with E-state index in [1.54, 1.807) is 12.1 Å². The molecule has 0 atom stereocenters. The van der Waals surface area contributed by atoms with Crippen LogP contribution in [0.15, 0.2) is 24.3 Å². The Morgan fingerprint density at radius 3 is 2.08 bits per heavy atom. The first-order valence-corrected chi connectivity index (χ1v) is 3.28. The highest BCUT2D eigenvalue weighted by atomic mass is 127. The molecule has 0 saturated carbocycles. The first kappa shape index (κ1) is 11.7. The molecule has 3 nitrogen and oxygen atoms in total.